The maximum atomic E-state index is 16.3. The topological polar surface area (TPSA) is 483 Å². The number of benzene rings is 1. The smallest absolute Gasteiger partial charge is 0.295 e. The molecule has 0 aromatic heterocycles. The monoisotopic (exact) mass is 1470 g/mol. The molecule has 3 fully saturated rings. The van der Waals surface area contributed by atoms with Crippen LogP contribution < -0.4 is 46.9 Å². The largest absolute Gasteiger partial charge is 0.509 e. The number of primary amides is 1. The highest BCUT2D eigenvalue weighted by Gasteiger charge is 2.53. The fourth-order valence-electron chi connectivity index (χ4n) is 15.0. The zero-order valence-corrected chi connectivity index (χ0v) is 57.9. The number of halogens is 3. The average Bonchev–Trinajstić information content (AvgIpc) is 0.765. The van der Waals surface area contributed by atoms with Gasteiger partial charge in [0.05, 0.1) is 65.4 Å². The Balaban J connectivity index is 1.20. The molecule has 11 bridgehead atoms. The minimum absolute atomic E-state index is 0.00150. The number of carbonyl (C=O) groups is 8. The van der Waals surface area contributed by atoms with Crippen LogP contribution in [0.2, 0.25) is 0 Å². The standard InChI is InChI=1S/C69H89Cl2FN6O24/c1-26(2)12-39(75-5)66(95)77-55-43(84)16-32(19-50(73)86)64(93)76-54-31-17-47(61(48(18-31)99-46-11-8-30(57(55)88)15-38(46)71)102-68-62(60(91)58(89)49(24-79)100-68)101-51-23-69(4,74)63(92)27(3)97-51)98-45-10-7-29(14-37(45)70)56(87)36-22-41(82)33(20-44(54)85)28-6-9-40(81)34(13-28)52-35(21-42(83)53(72)59(52)90)67(96-25-80)78-65(36)94/h6-7,9-10,15,17-18,21,25-28,30,32-34,36-37,39-40,42,46,49,51,53-58,60,62-63,67-68,75,79,81,83,87-92H,8,11-14,16,19-20,22-24,74H2,1-5H3,(H2,73,86)(H,76,93)(H,77,95)(H,78,94)/t27-,28+,30?,32+,33-,34+,36+,37?,39-,40?,42?,46-,49+,51-,53+,54-,55?,56-,57-,58-,60+,62+,63-,67+,68?,69+/m1/s1. The van der Waals surface area contributed by atoms with Crippen molar-refractivity contribution in [2.45, 2.75) is 213 Å². The molecule has 0 radical (unpaired) electrons. The van der Waals surface area contributed by atoms with Gasteiger partial charge in [0.25, 0.3) is 6.47 Å². The third-order valence-corrected chi connectivity index (χ3v) is 21.4. The summed E-state index contributed by atoms with van der Waals surface area (Å²) in [5.74, 6) is -19.2. The van der Waals surface area contributed by atoms with E-state index in [-0.39, 0.29) is 66.4 Å². The Hall–Kier alpha value is -6.79. The number of amides is 4. The van der Waals surface area contributed by atoms with Crippen LogP contribution in [-0.2, 0) is 57.3 Å². The van der Waals surface area contributed by atoms with Crippen molar-refractivity contribution >= 4 is 70.7 Å². The van der Waals surface area contributed by atoms with E-state index in [1.807, 2.05) is 13.8 Å². The summed E-state index contributed by atoms with van der Waals surface area (Å²) < 4.78 is 60.3. The zero-order chi connectivity index (χ0) is 74.2. The fraction of sp³-hybridized carbons (Fsp3) is 0.623. The normalized spacial score (nSPS) is 38.7. The van der Waals surface area contributed by atoms with Crippen LogP contribution in [0.25, 0.3) is 0 Å². The van der Waals surface area contributed by atoms with E-state index < -0.39 is 271 Å². The SMILES string of the molecule is CN[C@H](CC(C)C)C(=O)NC1C(=O)C[C@@H](CC(N)=O)C(=O)N[C@H]2C(=O)C[C@H]3C(=O)C[C@H](C(=O)N[C@@H](OC=O)C4=CC(O)[C@H](F)C(O)=C4[C@H]4C[C@@H]3C=CC4O)[C@H](O)C3=CC=C(Oc4cc2cc(c4OC2O[C@@H](CO)[C@@H](O)[C@H](O)[C@@H]2O[C@@H]2C[C@](C)(N)[C@H](O)[C@@H](C)O2)O[C@@H]2CCC(C=C2Cl)[C@H]1O)C(Cl)C3. The molecule has 1 aromatic rings. The Bertz CT molecular complexity index is 3590. The number of ether oxygens (including phenoxy) is 7. The average molecular weight is 1480 g/mol. The number of ketones is 3. The van der Waals surface area contributed by atoms with Crippen molar-refractivity contribution < 1.29 is 122 Å². The number of alkyl halides is 2. The number of aliphatic hydroxyl groups excluding tert-OH is 9. The third-order valence-electron chi connectivity index (χ3n) is 20.6. The van der Waals surface area contributed by atoms with E-state index in [1.165, 1.54) is 63.4 Å². The van der Waals surface area contributed by atoms with Gasteiger partial charge < -0.3 is 112 Å². The van der Waals surface area contributed by atoms with E-state index >= 15 is 28.4 Å². The Morgan fingerprint density at radius 2 is 1.59 bits per heavy atom. The molecule has 3 saturated heterocycles. The first-order valence-electron chi connectivity index (χ1n) is 34.0. The molecule has 7 heterocycles. The molecule has 7 aliphatic heterocycles. The molecule has 4 aliphatic carbocycles. The lowest BCUT2D eigenvalue weighted by atomic mass is 9.68. The lowest BCUT2D eigenvalue weighted by molar-refractivity contribution is -0.333. The summed E-state index contributed by atoms with van der Waals surface area (Å²) in [6.45, 7) is 5.72. The minimum Gasteiger partial charge on any atom is -0.509 e. The van der Waals surface area contributed by atoms with Gasteiger partial charge in [0.15, 0.2) is 41.6 Å². The van der Waals surface area contributed by atoms with Gasteiger partial charge in [-0.05, 0) is 100 Å². The van der Waals surface area contributed by atoms with Crippen molar-refractivity contribution in [2.24, 2.45) is 52.9 Å². The van der Waals surface area contributed by atoms with Gasteiger partial charge in [0.2, 0.25) is 41.9 Å². The number of hydrogen-bond donors (Lipinski definition) is 15. The number of nitrogens with two attached hydrogens (primary N) is 2. The van der Waals surface area contributed by atoms with Gasteiger partial charge in [-0.2, -0.15) is 0 Å². The first-order chi connectivity index (χ1) is 48.2. The minimum atomic E-state index is -2.55. The molecule has 102 heavy (non-hydrogen) atoms. The Morgan fingerprint density at radius 3 is 2.25 bits per heavy atom. The molecule has 6 unspecified atom stereocenters. The van der Waals surface area contributed by atoms with E-state index in [4.69, 9.17) is 67.8 Å². The van der Waals surface area contributed by atoms with E-state index in [2.05, 4.69) is 21.3 Å². The summed E-state index contributed by atoms with van der Waals surface area (Å²) in [7, 11) is 1.52. The van der Waals surface area contributed by atoms with Crippen LogP contribution in [0.5, 0.6) is 17.2 Å². The van der Waals surface area contributed by atoms with Crippen molar-refractivity contribution in [3.63, 3.8) is 0 Å². The van der Waals surface area contributed by atoms with Crippen LogP contribution in [0.15, 0.2) is 81.9 Å². The number of carbonyl (C=O) groups excluding carboxylic acids is 8. The van der Waals surface area contributed by atoms with Crippen LogP contribution in [0.3, 0.4) is 0 Å². The second-order valence-corrected chi connectivity index (χ2v) is 29.4. The molecule has 0 saturated carbocycles. The van der Waals surface area contributed by atoms with Gasteiger partial charge in [-0.25, -0.2) is 4.39 Å². The van der Waals surface area contributed by atoms with Crippen molar-refractivity contribution in [3.8, 4) is 17.2 Å². The summed E-state index contributed by atoms with van der Waals surface area (Å²) in [5, 5.41) is 114. The van der Waals surface area contributed by atoms with Crippen molar-refractivity contribution in [1.82, 2.24) is 21.3 Å². The van der Waals surface area contributed by atoms with Crippen LogP contribution >= 0.6 is 23.2 Å². The number of aliphatic hydroxyl groups is 9. The molecular formula is C69H89Cl2FN6O24. The maximum Gasteiger partial charge on any atom is 0.295 e. The lowest BCUT2D eigenvalue weighted by Crippen LogP contribution is -2.64. The van der Waals surface area contributed by atoms with Crippen LogP contribution in [0.1, 0.15) is 104 Å². The highest BCUT2D eigenvalue weighted by atomic mass is 35.5. The molecule has 30 nitrogen and oxygen atoms in total. The summed E-state index contributed by atoms with van der Waals surface area (Å²) in [4.78, 5) is 117. The molecule has 560 valence electrons. The Morgan fingerprint density at radius 1 is 0.873 bits per heavy atom. The predicted octanol–water partition coefficient (Wildman–Crippen LogP) is -0.157. The van der Waals surface area contributed by atoms with Crippen molar-refractivity contribution in [3.05, 3.63) is 87.4 Å². The van der Waals surface area contributed by atoms with E-state index in [0.29, 0.717) is 0 Å². The molecular weight excluding hydrogens is 1390 g/mol. The third kappa shape index (κ3) is 16.6. The first-order valence-corrected chi connectivity index (χ1v) is 34.8. The van der Waals surface area contributed by atoms with Crippen LogP contribution in [0.4, 0.5) is 4.39 Å². The van der Waals surface area contributed by atoms with Gasteiger partial charge >= 0.3 is 0 Å². The number of allylic oxidation sites excluding steroid dienone is 4. The fourth-order valence-corrected chi connectivity index (χ4v) is 15.6. The Labute approximate surface area is 595 Å². The molecule has 4 amide bonds. The van der Waals surface area contributed by atoms with Gasteiger partial charge in [-0.3, -0.25) is 38.4 Å². The zero-order valence-electron chi connectivity index (χ0n) is 56.4. The lowest BCUT2D eigenvalue weighted by Gasteiger charge is -2.47. The predicted molar refractivity (Wildman–Crippen MR) is 354 cm³/mol. The van der Waals surface area contributed by atoms with Crippen molar-refractivity contribution in [1.29, 1.82) is 0 Å². The van der Waals surface area contributed by atoms with Gasteiger partial charge in [0, 0.05) is 66.5 Å². The number of hydrogen-bond acceptors (Lipinski definition) is 26. The summed E-state index contributed by atoms with van der Waals surface area (Å²) in [6, 6.07) is -2.47. The second kappa shape index (κ2) is 32.3. The van der Waals surface area contributed by atoms with Gasteiger partial charge in [0.1, 0.15) is 59.9 Å². The second-order valence-electron chi connectivity index (χ2n) is 28.4. The summed E-state index contributed by atoms with van der Waals surface area (Å²) >= 11 is 14.5. The quantitative estimate of drug-likeness (QED) is 0.0654. The molecule has 12 rings (SSSR count). The molecule has 33 heteroatoms. The number of nitrogens with one attached hydrogen (secondary N) is 4. The Kier molecular flexibility index (Phi) is 24.6. The molecule has 1 aromatic carbocycles. The summed E-state index contributed by atoms with van der Waals surface area (Å²) in [5.41, 5.74) is 9.85. The molecule has 11 aliphatic rings. The van der Waals surface area contributed by atoms with E-state index in [1.54, 1.807) is 0 Å². The van der Waals surface area contributed by atoms with Crippen LogP contribution in [0, 0.1) is 41.4 Å². The number of Topliss-reactive ketones (excluding diaryl/α,β-unsaturated/α-hetero) is 3. The van der Waals surface area contributed by atoms with E-state index in [9.17, 15) is 60.3 Å². The van der Waals surface area contributed by atoms with E-state index in [0.717, 1.165) is 6.08 Å². The van der Waals surface area contributed by atoms with Gasteiger partial charge in [-0.1, -0.05) is 49.8 Å². The summed E-state index contributed by atoms with van der Waals surface area (Å²) in [6.07, 6.45) is -23.3. The number of fused-ring (bicyclic) bond motifs is 14. The van der Waals surface area contributed by atoms with Crippen LogP contribution in [-0.4, -0.2) is 222 Å². The number of likely N-dealkylation sites (N-methyl/N-ethyl adjacent to an activating group) is 1. The van der Waals surface area contributed by atoms with Gasteiger partial charge in [-0.15, -0.1) is 11.6 Å². The highest BCUT2D eigenvalue weighted by Crippen LogP contribution is 2.49. The molecule has 17 N–H and O–H groups in total. The first kappa shape index (κ1) is 77.8. The highest BCUT2D eigenvalue weighted by molar-refractivity contribution is 6.30. The van der Waals surface area contributed by atoms with Crippen molar-refractivity contribution in [2.75, 3.05) is 13.7 Å². The molecule has 0 spiro atoms. The maximum absolute atomic E-state index is 16.3. The number of rotatable bonds is 14. The molecule has 26 atom stereocenters.